The Kier molecular flexibility index (Phi) is 5.19. The summed E-state index contributed by atoms with van der Waals surface area (Å²) in [7, 11) is 0. The fourth-order valence-corrected chi connectivity index (χ4v) is 1.27. The van der Waals surface area contributed by atoms with E-state index in [1.54, 1.807) is 6.07 Å². The molecule has 16 heavy (non-hydrogen) atoms. The fourth-order valence-electron chi connectivity index (χ4n) is 1.27. The molecule has 0 unspecified atom stereocenters. The van der Waals surface area contributed by atoms with Gasteiger partial charge in [0.1, 0.15) is 0 Å². The molecular formula is C12H17NO3. The predicted octanol–water partition coefficient (Wildman–Crippen LogP) is 2.68. The molecule has 88 valence electrons. The first-order valence-electron chi connectivity index (χ1n) is 5.38. The number of nitrogens with zero attached hydrogens (tertiary/aromatic N) is 1. The van der Waals surface area contributed by atoms with Crippen LogP contribution in [0.1, 0.15) is 25.8 Å². The number of hydrogen-bond donors (Lipinski definition) is 1. The van der Waals surface area contributed by atoms with Crippen molar-refractivity contribution in [2.75, 3.05) is 13.2 Å². The number of hydrogen-bond acceptors (Lipinski definition) is 4. The minimum absolute atomic E-state index is 0.572. The van der Waals surface area contributed by atoms with Gasteiger partial charge in [-0.3, -0.25) is 0 Å². The van der Waals surface area contributed by atoms with E-state index in [4.69, 9.17) is 14.7 Å². The van der Waals surface area contributed by atoms with Gasteiger partial charge in [0.15, 0.2) is 11.5 Å². The predicted molar refractivity (Wildman–Crippen MR) is 62.8 cm³/mol. The maximum absolute atomic E-state index is 8.45. The van der Waals surface area contributed by atoms with Crippen LogP contribution in [0.3, 0.4) is 0 Å². The molecule has 1 aromatic carbocycles. The molecule has 1 N–H and O–H groups in total. The molecule has 4 heteroatoms. The molecule has 0 radical (unpaired) electrons. The Balaban J connectivity index is 2.89. The van der Waals surface area contributed by atoms with Crippen LogP contribution in [0.5, 0.6) is 11.5 Å². The second-order valence-electron chi connectivity index (χ2n) is 3.23. The Labute approximate surface area is 95.5 Å². The second-order valence-corrected chi connectivity index (χ2v) is 3.23. The van der Waals surface area contributed by atoms with Gasteiger partial charge < -0.3 is 14.7 Å². The Morgan fingerprint density at radius 1 is 1.25 bits per heavy atom. The molecular weight excluding hydrogens is 206 g/mol. The van der Waals surface area contributed by atoms with Gasteiger partial charge in [-0.15, -0.1) is 0 Å². The third kappa shape index (κ3) is 3.46. The summed E-state index contributed by atoms with van der Waals surface area (Å²) in [5.41, 5.74) is 0.773. The van der Waals surface area contributed by atoms with E-state index < -0.39 is 0 Å². The van der Waals surface area contributed by atoms with E-state index in [2.05, 4.69) is 5.16 Å². The highest BCUT2D eigenvalue weighted by atomic mass is 16.5. The van der Waals surface area contributed by atoms with Crippen LogP contribution in [0.2, 0.25) is 0 Å². The van der Waals surface area contributed by atoms with Crippen molar-refractivity contribution in [3.05, 3.63) is 23.8 Å². The number of oxime groups is 1. The Morgan fingerprint density at radius 2 is 2.06 bits per heavy atom. The van der Waals surface area contributed by atoms with Crippen molar-refractivity contribution < 1.29 is 14.7 Å². The highest BCUT2D eigenvalue weighted by Gasteiger charge is 2.05. The summed E-state index contributed by atoms with van der Waals surface area (Å²) in [6.45, 7) is 5.19. The monoisotopic (exact) mass is 223 g/mol. The lowest BCUT2D eigenvalue weighted by Gasteiger charge is -2.11. The van der Waals surface area contributed by atoms with Crippen molar-refractivity contribution in [2.24, 2.45) is 5.16 Å². The van der Waals surface area contributed by atoms with Gasteiger partial charge in [0, 0.05) is 5.56 Å². The third-order valence-electron chi connectivity index (χ3n) is 1.94. The molecule has 0 aliphatic heterocycles. The Hall–Kier alpha value is -1.71. The molecule has 0 heterocycles. The van der Waals surface area contributed by atoms with Crippen molar-refractivity contribution in [1.29, 1.82) is 0 Å². The normalized spacial score (nSPS) is 10.6. The van der Waals surface area contributed by atoms with Crippen LogP contribution in [0.25, 0.3) is 0 Å². The molecule has 0 aromatic heterocycles. The van der Waals surface area contributed by atoms with Gasteiger partial charge in [0.05, 0.1) is 19.4 Å². The van der Waals surface area contributed by atoms with Gasteiger partial charge in [-0.05, 0) is 31.5 Å². The van der Waals surface area contributed by atoms with Gasteiger partial charge in [-0.1, -0.05) is 12.1 Å². The Bertz CT molecular complexity index is 350. The van der Waals surface area contributed by atoms with Gasteiger partial charge in [0.25, 0.3) is 0 Å². The summed E-state index contributed by atoms with van der Waals surface area (Å²) in [5.74, 6) is 1.40. The highest BCUT2D eigenvalue weighted by molar-refractivity contribution is 5.80. The average molecular weight is 223 g/mol. The summed E-state index contributed by atoms with van der Waals surface area (Å²) in [5, 5.41) is 11.4. The van der Waals surface area contributed by atoms with Gasteiger partial charge in [0.2, 0.25) is 0 Å². The molecule has 1 aromatic rings. The number of ether oxygens (including phenoxy) is 2. The summed E-state index contributed by atoms with van der Waals surface area (Å²) >= 11 is 0. The first-order chi connectivity index (χ1) is 7.81. The molecule has 0 bridgehead atoms. The molecule has 0 amide bonds. The van der Waals surface area contributed by atoms with Crippen LogP contribution in [0.4, 0.5) is 0 Å². The summed E-state index contributed by atoms with van der Waals surface area (Å²) in [4.78, 5) is 0. The lowest BCUT2D eigenvalue weighted by atomic mass is 10.2. The molecule has 1 rings (SSSR count). The van der Waals surface area contributed by atoms with E-state index in [0.717, 1.165) is 17.7 Å². The lowest BCUT2D eigenvalue weighted by Crippen LogP contribution is -2.00. The first-order valence-corrected chi connectivity index (χ1v) is 5.38. The third-order valence-corrected chi connectivity index (χ3v) is 1.94. The van der Waals surface area contributed by atoms with E-state index in [1.165, 1.54) is 6.21 Å². The van der Waals surface area contributed by atoms with Crippen LogP contribution in [-0.4, -0.2) is 24.6 Å². The smallest absolute Gasteiger partial charge is 0.161 e. The molecule has 0 saturated carbocycles. The fraction of sp³-hybridized carbons (Fsp3) is 0.417. The second kappa shape index (κ2) is 6.71. The minimum Gasteiger partial charge on any atom is -0.490 e. The van der Waals surface area contributed by atoms with Crippen LogP contribution in [-0.2, 0) is 0 Å². The summed E-state index contributed by atoms with van der Waals surface area (Å²) in [6.07, 6.45) is 2.30. The average Bonchev–Trinajstić information content (AvgIpc) is 2.29. The van der Waals surface area contributed by atoms with E-state index in [-0.39, 0.29) is 0 Å². The lowest BCUT2D eigenvalue weighted by molar-refractivity contribution is 0.277. The maximum atomic E-state index is 8.45. The van der Waals surface area contributed by atoms with Crippen molar-refractivity contribution in [3.8, 4) is 11.5 Å². The van der Waals surface area contributed by atoms with E-state index >= 15 is 0 Å². The van der Waals surface area contributed by atoms with Gasteiger partial charge >= 0.3 is 0 Å². The zero-order chi connectivity index (χ0) is 11.8. The first kappa shape index (κ1) is 12.4. The topological polar surface area (TPSA) is 51.0 Å². The molecule has 0 spiro atoms. The Morgan fingerprint density at radius 3 is 2.69 bits per heavy atom. The molecule has 0 aliphatic rings. The largest absolute Gasteiger partial charge is 0.490 e. The van der Waals surface area contributed by atoms with Crippen molar-refractivity contribution in [1.82, 2.24) is 0 Å². The molecule has 0 atom stereocenters. The summed E-state index contributed by atoms with van der Waals surface area (Å²) in [6, 6.07) is 5.42. The highest BCUT2D eigenvalue weighted by Crippen LogP contribution is 2.28. The quantitative estimate of drug-likeness (QED) is 0.458. The van der Waals surface area contributed by atoms with Crippen molar-refractivity contribution in [3.63, 3.8) is 0 Å². The summed E-state index contributed by atoms with van der Waals surface area (Å²) < 4.78 is 11.0. The number of rotatable bonds is 6. The van der Waals surface area contributed by atoms with Gasteiger partial charge in [-0.2, -0.15) is 0 Å². The van der Waals surface area contributed by atoms with E-state index in [1.807, 2.05) is 26.0 Å². The van der Waals surface area contributed by atoms with Crippen molar-refractivity contribution in [2.45, 2.75) is 20.3 Å². The van der Waals surface area contributed by atoms with E-state index in [0.29, 0.717) is 19.0 Å². The zero-order valence-corrected chi connectivity index (χ0v) is 9.64. The molecule has 0 aliphatic carbocycles. The maximum Gasteiger partial charge on any atom is 0.161 e. The standard InChI is InChI=1S/C12H17NO3/c1-3-7-16-11-6-5-10(9-13-14)8-12(11)15-4-2/h5-6,8-9,14H,3-4,7H2,1-2H3/b13-9-. The van der Waals surface area contributed by atoms with Crippen LogP contribution < -0.4 is 9.47 Å². The van der Waals surface area contributed by atoms with Crippen LogP contribution in [0.15, 0.2) is 23.4 Å². The molecule has 4 nitrogen and oxygen atoms in total. The van der Waals surface area contributed by atoms with E-state index in [9.17, 15) is 0 Å². The van der Waals surface area contributed by atoms with Crippen molar-refractivity contribution >= 4 is 6.21 Å². The zero-order valence-electron chi connectivity index (χ0n) is 9.64. The molecule has 0 saturated heterocycles. The number of benzene rings is 1. The SMILES string of the molecule is CCCOc1ccc(/C=N\O)cc1OCC. The van der Waals surface area contributed by atoms with Crippen LogP contribution in [0, 0.1) is 0 Å². The van der Waals surface area contributed by atoms with Gasteiger partial charge in [-0.25, -0.2) is 0 Å². The minimum atomic E-state index is 0.572. The molecule has 0 fully saturated rings. The van der Waals surface area contributed by atoms with Crippen LogP contribution >= 0.6 is 0 Å².